The minimum absolute atomic E-state index is 0.171. The topological polar surface area (TPSA) is 108 Å². The number of rotatable bonds is 3. The molecule has 0 spiro atoms. The molecule has 2 heterocycles. The second-order valence-corrected chi connectivity index (χ2v) is 3.80. The van der Waals surface area contributed by atoms with Gasteiger partial charge in [0.05, 0.1) is 6.54 Å². The normalized spacial score (nSPS) is 10.3. The lowest BCUT2D eigenvalue weighted by atomic mass is 10.3. The number of nitrogens with zero attached hydrogens (tertiary/aromatic N) is 4. The Bertz CT molecular complexity index is 596. The van der Waals surface area contributed by atoms with E-state index in [1.54, 1.807) is 14.0 Å². The monoisotopic (exact) mass is 248 g/mol. The molecule has 0 aliphatic rings. The maximum absolute atomic E-state index is 11.9. The first-order valence-corrected chi connectivity index (χ1v) is 5.25. The quantitative estimate of drug-likeness (QED) is 0.759. The van der Waals surface area contributed by atoms with E-state index in [4.69, 9.17) is 0 Å². The summed E-state index contributed by atoms with van der Waals surface area (Å²) in [7, 11) is 1.61. The number of amides is 1. The van der Waals surface area contributed by atoms with Crippen molar-refractivity contribution in [2.24, 2.45) is 0 Å². The second kappa shape index (κ2) is 4.78. The number of hydrogen-bond donors (Lipinski definition) is 2. The van der Waals surface area contributed by atoms with E-state index >= 15 is 0 Å². The smallest absolute Gasteiger partial charge is 0.274 e. The lowest BCUT2D eigenvalue weighted by Gasteiger charge is -2.13. The van der Waals surface area contributed by atoms with Crippen LogP contribution in [0.4, 0.5) is 0 Å². The van der Waals surface area contributed by atoms with Crippen LogP contribution in [0.1, 0.15) is 22.1 Å². The summed E-state index contributed by atoms with van der Waals surface area (Å²) in [6.07, 6.45) is 0. The van der Waals surface area contributed by atoms with Gasteiger partial charge in [0.1, 0.15) is 11.5 Å². The number of aromatic nitrogens is 5. The molecule has 2 aromatic rings. The van der Waals surface area contributed by atoms with Gasteiger partial charge >= 0.3 is 0 Å². The van der Waals surface area contributed by atoms with E-state index in [-0.39, 0.29) is 23.7 Å². The highest BCUT2D eigenvalue weighted by atomic mass is 16.2. The Kier molecular flexibility index (Phi) is 3.18. The maximum atomic E-state index is 11.9. The van der Waals surface area contributed by atoms with E-state index in [1.165, 1.54) is 17.0 Å². The Morgan fingerprint density at radius 2 is 2.11 bits per heavy atom. The highest BCUT2D eigenvalue weighted by Crippen LogP contribution is 2.01. The van der Waals surface area contributed by atoms with Crippen LogP contribution in [0.2, 0.25) is 0 Å². The third-order valence-corrected chi connectivity index (χ3v) is 2.27. The molecule has 2 N–H and O–H groups in total. The lowest BCUT2D eigenvalue weighted by Crippen LogP contribution is -2.28. The van der Waals surface area contributed by atoms with Crippen molar-refractivity contribution in [3.8, 4) is 0 Å². The van der Waals surface area contributed by atoms with Crippen molar-refractivity contribution in [3.63, 3.8) is 0 Å². The third kappa shape index (κ3) is 2.59. The molecule has 2 rings (SSSR count). The van der Waals surface area contributed by atoms with E-state index in [9.17, 15) is 9.59 Å². The zero-order valence-corrected chi connectivity index (χ0v) is 9.97. The van der Waals surface area contributed by atoms with Gasteiger partial charge in [-0.05, 0) is 13.0 Å². The zero-order valence-electron chi connectivity index (χ0n) is 9.97. The third-order valence-electron chi connectivity index (χ3n) is 2.27. The summed E-state index contributed by atoms with van der Waals surface area (Å²) < 4.78 is 0. The van der Waals surface area contributed by atoms with Gasteiger partial charge in [0, 0.05) is 13.1 Å². The molecule has 0 bridgehead atoms. The average molecular weight is 248 g/mol. The van der Waals surface area contributed by atoms with E-state index in [2.05, 4.69) is 25.4 Å². The molecule has 0 aliphatic heterocycles. The molecule has 0 aromatic carbocycles. The summed E-state index contributed by atoms with van der Waals surface area (Å²) in [6, 6.07) is 2.63. The molecule has 0 saturated heterocycles. The van der Waals surface area contributed by atoms with E-state index in [1.807, 2.05) is 0 Å². The van der Waals surface area contributed by atoms with Gasteiger partial charge < -0.3 is 4.90 Å². The SMILES string of the molecule is Cc1nc(CN(C)C(=O)c2ccc(=O)[nH]n2)n[nH]1. The number of H-pyrrole nitrogens is 2. The van der Waals surface area contributed by atoms with Crippen LogP contribution >= 0.6 is 0 Å². The molecule has 8 nitrogen and oxygen atoms in total. The van der Waals surface area contributed by atoms with Crippen LogP contribution in [0.3, 0.4) is 0 Å². The van der Waals surface area contributed by atoms with Gasteiger partial charge in [-0.3, -0.25) is 14.7 Å². The van der Waals surface area contributed by atoms with Crippen LogP contribution in [-0.2, 0) is 6.54 Å². The number of nitrogens with one attached hydrogen (secondary N) is 2. The van der Waals surface area contributed by atoms with Crippen molar-refractivity contribution < 1.29 is 4.79 Å². The standard InChI is InChI=1S/C10H12N6O2/c1-6-11-8(14-12-6)5-16(2)10(18)7-3-4-9(17)15-13-7/h3-4H,5H2,1-2H3,(H,15,17)(H,11,12,14). The van der Waals surface area contributed by atoms with Crippen LogP contribution in [0, 0.1) is 6.92 Å². The first-order valence-electron chi connectivity index (χ1n) is 5.25. The molecule has 0 aliphatic carbocycles. The Morgan fingerprint density at radius 3 is 2.67 bits per heavy atom. The van der Waals surface area contributed by atoms with Crippen molar-refractivity contribution >= 4 is 5.91 Å². The molecular formula is C10H12N6O2. The first kappa shape index (κ1) is 12.0. The summed E-state index contributed by atoms with van der Waals surface area (Å²) in [5, 5.41) is 12.5. The average Bonchev–Trinajstić information content (AvgIpc) is 2.75. The fourth-order valence-corrected chi connectivity index (χ4v) is 1.40. The highest BCUT2D eigenvalue weighted by Gasteiger charge is 2.15. The first-order chi connectivity index (χ1) is 8.56. The van der Waals surface area contributed by atoms with Crippen LogP contribution in [0.5, 0.6) is 0 Å². The van der Waals surface area contributed by atoms with Crippen LogP contribution < -0.4 is 5.56 Å². The fourth-order valence-electron chi connectivity index (χ4n) is 1.40. The predicted octanol–water partition coefficient (Wildman–Crippen LogP) is -0.531. The molecule has 0 atom stereocenters. The minimum Gasteiger partial charge on any atom is -0.333 e. The second-order valence-electron chi connectivity index (χ2n) is 3.80. The molecular weight excluding hydrogens is 236 g/mol. The predicted molar refractivity (Wildman–Crippen MR) is 61.8 cm³/mol. The van der Waals surface area contributed by atoms with Crippen molar-refractivity contribution in [1.82, 2.24) is 30.3 Å². The fraction of sp³-hybridized carbons (Fsp3) is 0.300. The Morgan fingerprint density at radius 1 is 1.33 bits per heavy atom. The van der Waals surface area contributed by atoms with E-state index in [0.29, 0.717) is 11.6 Å². The van der Waals surface area contributed by atoms with Gasteiger partial charge in [-0.1, -0.05) is 0 Å². The van der Waals surface area contributed by atoms with Gasteiger partial charge in [0.25, 0.3) is 11.5 Å². The lowest BCUT2D eigenvalue weighted by molar-refractivity contribution is 0.0774. The number of aryl methyl sites for hydroxylation is 1. The van der Waals surface area contributed by atoms with Crippen molar-refractivity contribution in [2.45, 2.75) is 13.5 Å². The summed E-state index contributed by atoms with van der Waals surface area (Å²) in [6.45, 7) is 2.05. The van der Waals surface area contributed by atoms with Crippen molar-refractivity contribution in [1.29, 1.82) is 0 Å². The summed E-state index contributed by atoms with van der Waals surface area (Å²) in [4.78, 5) is 28.3. The molecule has 0 saturated carbocycles. The molecule has 94 valence electrons. The van der Waals surface area contributed by atoms with Gasteiger partial charge in [0.2, 0.25) is 0 Å². The van der Waals surface area contributed by atoms with Crippen LogP contribution in [0.25, 0.3) is 0 Å². The largest absolute Gasteiger partial charge is 0.333 e. The molecule has 1 amide bonds. The van der Waals surface area contributed by atoms with E-state index in [0.717, 1.165) is 0 Å². The zero-order chi connectivity index (χ0) is 13.1. The summed E-state index contributed by atoms with van der Waals surface area (Å²) >= 11 is 0. The molecule has 0 radical (unpaired) electrons. The van der Waals surface area contributed by atoms with Crippen LogP contribution in [0.15, 0.2) is 16.9 Å². The number of carbonyl (C=O) groups is 1. The van der Waals surface area contributed by atoms with Gasteiger partial charge in [-0.2, -0.15) is 10.2 Å². The molecule has 0 unspecified atom stereocenters. The Balaban J connectivity index is 2.09. The summed E-state index contributed by atoms with van der Waals surface area (Å²) in [5.74, 6) is 0.898. The summed E-state index contributed by atoms with van der Waals surface area (Å²) in [5.41, 5.74) is -0.178. The van der Waals surface area contributed by atoms with Gasteiger partial charge in [0.15, 0.2) is 5.82 Å². The number of aromatic amines is 2. The molecule has 2 aromatic heterocycles. The molecule has 8 heteroatoms. The maximum Gasteiger partial charge on any atom is 0.274 e. The minimum atomic E-state index is -0.348. The van der Waals surface area contributed by atoms with Gasteiger partial charge in [-0.25, -0.2) is 10.1 Å². The van der Waals surface area contributed by atoms with Crippen molar-refractivity contribution in [3.05, 3.63) is 39.8 Å². The number of hydrogen-bond acceptors (Lipinski definition) is 5. The molecule has 18 heavy (non-hydrogen) atoms. The Labute approximate surface area is 102 Å². The Hall–Kier alpha value is -2.51. The van der Waals surface area contributed by atoms with Crippen molar-refractivity contribution in [2.75, 3.05) is 7.05 Å². The molecule has 0 fully saturated rings. The van der Waals surface area contributed by atoms with E-state index < -0.39 is 0 Å². The number of carbonyl (C=O) groups excluding carboxylic acids is 1. The highest BCUT2D eigenvalue weighted by molar-refractivity contribution is 5.91. The van der Waals surface area contributed by atoms with Gasteiger partial charge in [-0.15, -0.1) is 0 Å². The van der Waals surface area contributed by atoms with Crippen LogP contribution in [-0.4, -0.2) is 43.2 Å².